The van der Waals surface area contributed by atoms with E-state index >= 15 is 0 Å². The summed E-state index contributed by atoms with van der Waals surface area (Å²) in [5, 5.41) is 2.77. The van der Waals surface area contributed by atoms with Gasteiger partial charge in [0.25, 0.3) is 0 Å². The second-order valence-corrected chi connectivity index (χ2v) is 6.64. The molecule has 1 atom stereocenters. The molecular formula is C22H24N2O2. The Balaban J connectivity index is 1.44. The van der Waals surface area contributed by atoms with Crippen LogP contribution in [0.1, 0.15) is 18.9 Å². The molecule has 2 aromatic rings. The minimum atomic E-state index is -0.328. The fraction of sp³-hybridized carbons (Fsp3) is 0.318. The number of hydrogen-bond donors (Lipinski definition) is 1. The number of anilines is 1. The smallest absolute Gasteiger partial charge is 0.300 e. The predicted octanol–water partition coefficient (Wildman–Crippen LogP) is 3.40. The van der Waals surface area contributed by atoms with Crippen molar-refractivity contribution in [2.75, 3.05) is 31.6 Å². The van der Waals surface area contributed by atoms with Gasteiger partial charge in [0.1, 0.15) is 12.4 Å². The first-order valence-electron chi connectivity index (χ1n) is 9.02. The Labute approximate surface area is 155 Å². The third-order valence-corrected chi connectivity index (χ3v) is 4.39. The second-order valence-electron chi connectivity index (χ2n) is 6.64. The zero-order chi connectivity index (χ0) is 18.2. The summed E-state index contributed by atoms with van der Waals surface area (Å²) in [7, 11) is 0. The number of rotatable bonds is 5. The van der Waals surface area contributed by atoms with Gasteiger partial charge in [0.05, 0.1) is 0 Å². The first-order chi connectivity index (χ1) is 12.7. The first-order valence-corrected chi connectivity index (χ1v) is 9.02. The molecule has 134 valence electrons. The van der Waals surface area contributed by atoms with Crippen molar-refractivity contribution in [3.8, 4) is 17.6 Å². The summed E-state index contributed by atoms with van der Waals surface area (Å²) in [6, 6.07) is 16.8. The van der Waals surface area contributed by atoms with Gasteiger partial charge < -0.3 is 10.1 Å². The third kappa shape index (κ3) is 5.65. The van der Waals surface area contributed by atoms with Crippen LogP contribution in [0.15, 0.2) is 54.6 Å². The lowest BCUT2D eigenvalue weighted by atomic mass is 10.2. The number of carbonyl (C=O) groups is 1. The molecule has 1 aliphatic heterocycles. The quantitative estimate of drug-likeness (QED) is 0.842. The number of carbonyl (C=O) groups excluding carboxylic acids is 1. The van der Waals surface area contributed by atoms with Gasteiger partial charge >= 0.3 is 5.91 Å². The monoisotopic (exact) mass is 348 g/mol. The molecular weight excluding hydrogens is 324 g/mol. The summed E-state index contributed by atoms with van der Waals surface area (Å²) in [5.74, 6) is 6.71. The lowest BCUT2D eigenvalue weighted by Gasteiger charge is -2.15. The zero-order valence-corrected chi connectivity index (χ0v) is 15.1. The van der Waals surface area contributed by atoms with E-state index in [0.29, 0.717) is 12.3 Å². The summed E-state index contributed by atoms with van der Waals surface area (Å²) < 4.78 is 5.79. The van der Waals surface area contributed by atoms with Crippen LogP contribution in [0.5, 0.6) is 5.75 Å². The molecule has 1 fully saturated rings. The van der Waals surface area contributed by atoms with Crippen LogP contribution in [-0.2, 0) is 4.79 Å². The topological polar surface area (TPSA) is 41.6 Å². The number of nitrogens with one attached hydrogen (secondary N) is 1. The van der Waals surface area contributed by atoms with Crippen molar-refractivity contribution in [2.45, 2.75) is 13.3 Å². The van der Waals surface area contributed by atoms with Gasteiger partial charge in [-0.05, 0) is 55.3 Å². The van der Waals surface area contributed by atoms with E-state index < -0.39 is 0 Å². The lowest BCUT2D eigenvalue weighted by Crippen LogP contribution is -2.25. The molecule has 3 rings (SSSR count). The van der Waals surface area contributed by atoms with Crippen LogP contribution in [-0.4, -0.2) is 37.0 Å². The summed E-state index contributed by atoms with van der Waals surface area (Å²) >= 11 is 0. The lowest BCUT2D eigenvalue weighted by molar-refractivity contribution is -0.111. The Bertz CT molecular complexity index is 775. The normalized spacial score (nSPS) is 16.6. The molecule has 0 aliphatic carbocycles. The van der Waals surface area contributed by atoms with Crippen molar-refractivity contribution in [1.82, 2.24) is 4.90 Å². The van der Waals surface area contributed by atoms with E-state index in [1.807, 2.05) is 54.6 Å². The van der Waals surface area contributed by atoms with Gasteiger partial charge in [-0.25, -0.2) is 0 Å². The number of amides is 1. The van der Waals surface area contributed by atoms with Gasteiger partial charge in [-0.15, -0.1) is 0 Å². The highest BCUT2D eigenvalue weighted by molar-refractivity contribution is 6.04. The molecule has 1 heterocycles. The van der Waals surface area contributed by atoms with Gasteiger partial charge in [0.2, 0.25) is 0 Å². The van der Waals surface area contributed by atoms with Crippen LogP contribution in [0.2, 0.25) is 0 Å². The van der Waals surface area contributed by atoms with E-state index in [1.54, 1.807) is 0 Å². The van der Waals surface area contributed by atoms with Gasteiger partial charge in [0, 0.05) is 30.3 Å². The second kappa shape index (κ2) is 9.07. The van der Waals surface area contributed by atoms with Gasteiger partial charge in [0.15, 0.2) is 0 Å². The van der Waals surface area contributed by atoms with E-state index in [0.717, 1.165) is 23.8 Å². The highest BCUT2D eigenvalue weighted by atomic mass is 16.5. The fourth-order valence-electron chi connectivity index (χ4n) is 2.97. The van der Waals surface area contributed by atoms with Gasteiger partial charge in [-0.3, -0.25) is 9.69 Å². The summed E-state index contributed by atoms with van der Waals surface area (Å²) in [5.41, 5.74) is 1.52. The average molecular weight is 348 g/mol. The van der Waals surface area contributed by atoms with E-state index in [4.69, 9.17) is 4.74 Å². The van der Waals surface area contributed by atoms with Gasteiger partial charge in [-0.2, -0.15) is 0 Å². The maximum Gasteiger partial charge on any atom is 0.300 e. The van der Waals surface area contributed by atoms with Crippen molar-refractivity contribution in [3.05, 3.63) is 60.2 Å². The first kappa shape index (κ1) is 18.0. The van der Waals surface area contributed by atoms with Crippen LogP contribution < -0.4 is 10.1 Å². The summed E-state index contributed by atoms with van der Waals surface area (Å²) in [6.45, 7) is 6.26. The Kier molecular flexibility index (Phi) is 6.29. The molecule has 4 nitrogen and oxygen atoms in total. The van der Waals surface area contributed by atoms with Crippen LogP contribution in [0.3, 0.4) is 0 Å². The standard InChI is InChI=1S/C22H24N2O2/c1-18-13-14-24(17-18)15-16-26-21-10-8-20(9-11-21)23-22(25)12-7-19-5-3-2-4-6-19/h2-6,8-11,18H,13-17H2,1H3,(H,23,25). The number of likely N-dealkylation sites (tertiary alicyclic amines) is 1. The van der Waals surface area contributed by atoms with E-state index in [1.165, 1.54) is 19.5 Å². The zero-order valence-electron chi connectivity index (χ0n) is 15.1. The molecule has 0 spiro atoms. The summed E-state index contributed by atoms with van der Waals surface area (Å²) in [4.78, 5) is 14.3. The molecule has 0 aromatic heterocycles. The molecule has 1 unspecified atom stereocenters. The van der Waals surface area contributed by atoms with E-state index in [-0.39, 0.29) is 5.91 Å². The highest BCUT2D eigenvalue weighted by Gasteiger charge is 2.17. The number of benzene rings is 2. The number of hydrogen-bond acceptors (Lipinski definition) is 3. The van der Waals surface area contributed by atoms with Crippen LogP contribution in [0, 0.1) is 17.8 Å². The predicted molar refractivity (Wildman–Crippen MR) is 104 cm³/mol. The van der Waals surface area contributed by atoms with Crippen molar-refractivity contribution >= 4 is 11.6 Å². The fourth-order valence-corrected chi connectivity index (χ4v) is 2.97. The number of ether oxygens (including phenoxy) is 1. The van der Waals surface area contributed by atoms with Gasteiger partial charge in [-0.1, -0.05) is 31.0 Å². The average Bonchev–Trinajstić information content (AvgIpc) is 3.07. The van der Waals surface area contributed by atoms with Crippen molar-refractivity contribution in [2.24, 2.45) is 5.92 Å². The summed E-state index contributed by atoms with van der Waals surface area (Å²) in [6.07, 6.45) is 1.28. The maximum atomic E-state index is 11.9. The van der Waals surface area contributed by atoms with E-state index in [9.17, 15) is 4.79 Å². The van der Waals surface area contributed by atoms with Crippen LogP contribution >= 0.6 is 0 Å². The molecule has 2 aromatic carbocycles. The Morgan fingerprint density at radius 2 is 1.96 bits per heavy atom. The van der Waals surface area contributed by atoms with Crippen molar-refractivity contribution in [3.63, 3.8) is 0 Å². The Morgan fingerprint density at radius 1 is 1.19 bits per heavy atom. The molecule has 0 saturated carbocycles. The van der Waals surface area contributed by atoms with E-state index in [2.05, 4.69) is 29.0 Å². The van der Waals surface area contributed by atoms with Crippen molar-refractivity contribution in [1.29, 1.82) is 0 Å². The molecule has 1 aliphatic rings. The molecule has 26 heavy (non-hydrogen) atoms. The molecule has 4 heteroatoms. The Morgan fingerprint density at radius 3 is 2.65 bits per heavy atom. The molecule has 0 bridgehead atoms. The largest absolute Gasteiger partial charge is 0.492 e. The van der Waals surface area contributed by atoms with Crippen LogP contribution in [0.4, 0.5) is 5.69 Å². The SMILES string of the molecule is CC1CCN(CCOc2ccc(NC(=O)C#Cc3ccccc3)cc2)C1. The molecule has 0 radical (unpaired) electrons. The highest BCUT2D eigenvalue weighted by Crippen LogP contribution is 2.17. The molecule has 1 saturated heterocycles. The van der Waals surface area contributed by atoms with Crippen molar-refractivity contribution < 1.29 is 9.53 Å². The minimum absolute atomic E-state index is 0.328. The number of nitrogens with zero attached hydrogens (tertiary/aromatic N) is 1. The maximum absolute atomic E-state index is 11.9. The third-order valence-electron chi connectivity index (χ3n) is 4.39. The minimum Gasteiger partial charge on any atom is -0.492 e. The molecule has 1 N–H and O–H groups in total. The molecule has 1 amide bonds. The van der Waals surface area contributed by atoms with Crippen LogP contribution in [0.25, 0.3) is 0 Å². The Hall–Kier alpha value is -2.77.